The summed E-state index contributed by atoms with van der Waals surface area (Å²) in [5, 5.41) is 15.0. The van der Waals surface area contributed by atoms with Crippen LogP contribution in [0.3, 0.4) is 0 Å². The molecule has 0 aliphatic carbocycles. The van der Waals surface area contributed by atoms with Gasteiger partial charge in [-0.05, 0) is 39.8 Å². The van der Waals surface area contributed by atoms with E-state index >= 15 is 0 Å². The fraction of sp³-hybridized carbons (Fsp3) is 0.200. The van der Waals surface area contributed by atoms with E-state index in [0.717, 1.165) is 27.8 Å². The number of amides is 1. The van der Waals surface area contributed by atoms with Gasteiger partial charge in [-0.3, -0.25) is 4.79 Å². The monoisotopic (exact) mass is 376 g/mol. The summed E-state index contributed by atoms with van der Waals surface area (Å²) in [4.78, 5) is 15.6. The second-order valence-corrected chi connectivity index (χ2v) is 6.43. The van der Waals surface area contributed by atoms with Crippen LogP contribution in [-0.2, 0) is 11.3 Å². The number of hydrogen-bond acceptors (Lipinski definition) is 5. The van der Waals surface area contributed by atoms with Crippen molar-refractivity contribution in [3.63, 3.8) is 0 Å². The molecule has 8 nitrogen and oxygen atoms in total. The van der Waals surface area contributed by atoms with E-state index in [1.54, 1.807) is 7.11 Å². The Morgan fingerprint density at radius 1 is 1.21 bits per heavy atom. The summed E-state index contributed by atoms with van der Waals surface area (Å²) < 4.78 is 6.66. The third-order valence-corrected chi connectivity index (χ3v) is 4.72. The number of benzene rings is 2. The number of methoxy groups -OCH3 is 1. The lowest BCUT2D eigenvalue weighted by atomic mass is 9.91. The molecule has 1 unspecified atom stereocenters. The van der Waals surface area contributed by atoms with Crippen LogP contribution < -0.4 is 10.1 Å². The largest absolute Gasteiger partial charge is 0.497 e. The van der Waals surface area contributed by atoms with Crippen molar-refractivity contribution >= 4 is 16.8 Å². The van der Waals surface area contributed by atoms with E-state index in [-0.39, 0.29) is 18.4 Å². The number of carbonyl (C=O) groups excluding carboxylic acids is 1. The lowest BCUT2D eigenvalue weighted by molar-refractivity contribution is -0.121. The predicted molar refractivity (Wildman–Crippen MR) is 104 cm³/mol. The average Bonchev–Trinajstić information content (AvgIpc) is 3.39. The van der Waals surface area contributed by atoms with E-state index in [1.165, 1.54) is 11.0 Å². The second-order valence-electron chi connectivity index (χ2n) is 6.43. The van der Waals surface area contributed by atoms with Crippen LogP contribution in [0.5, 0.6) is 5.75 Å². The van der Waals surface area contributed by atoms with E-state index in [1.807, 2.05) is 48.7 Å². The lowest BCUT2D eigenvalue weighted by Crippen LogP contribution is -2.32. The first-order valence-corrected chi connectivity index (χ1v) is 8.92. The van der Waals surface area contributed by atoms with Crippen molar-refractivity contribution < 1.29 is 9.53 Å². The number of carbonyl (C=O) groups is 1. The van der Waals surface area contributed by atoms with Crippen molar-refractivity contribution in [3.05, 3.63) is 72.2 Å². The molecule has 8 heteroatoms. The molecule has 4 aromatic rings. The quantitative estimate of drug-likeness (QED) is 0.515. The van der Waals surface area contributed by atoms with Gasteiger partial charge in [-0.15, -0.1) is 5.10 Å². The van der Waals surface area contributed by atoms with Crippen molar-refractivity contribution in [2.24, 2.45) is 0 Å². The highest BCUT2D eigenvalue weighted by Gasteiger charge is 2.19. The van der Waals surface area contributed by atoms with E-state index < -0.39 is 0 Å². The number of aromatic amines is 1. The molecule has 0 saturated heterocycles. The summed E-state index contributed by atoms with van der Waals surface area (Å²) in [5.74, 6) is 0.634. The molecule has 142 valence electrons. The molecule has 0 radical (unpaired) electrons. The van der Waals surface area contributed by atoms with Gasteiger partial charge < -0.3 is 15.0 Å². The molecular formula is C20H20N6O2. The second kappa shape index (κ2) is 7.91. The predicted octanol–water partition coefficient (Wildman–Crippen LogP) is 2.11. The average molecular weight is 376 g/mol. The van der Waals surface area contributed by atoms with Crippen molar-refractivity contribution in [3.8, 4) is 5.75 Å². The number of hydrogen-bond donors (Lipinski definition) is 2. The van der Waals surface area contributed by atoms with Crippen LogP contribution in [0.2, 0.25) is 0 Å². The Labute approximate surface area is 161 Å². The Hall–Kier alpha value is -3.68. The third-order valence-electron chi connectivity index (χ3n) is 4.72. The number of para-hydroxylation sites is 1. The zero-order valence-electron chi connectivity index (χ0n) is 15.4. The summed E-state index contributed by atoms with van der Waals surface area (Å²) in [5.41, 5.74) is 3.28. The Morgan fingerprint density at radius 3 is 2.79 bits per heavy atom. The molecule has 0 aliphatic rings. The first-order chi connectivity index (χ1) is 13.7. The van der Waals surface area contributed by atoms with Crippen LogP contribution in [-0.4, -0.2) is 44.8 Å². The molecule has 1 amide bonds. The van der Waals surface area contributed by atoms with Gasteiger partial charge >= 0.3 is 0 Å². The van der Waals surface area contributed by atoms with Gasteiger partial charge in [0, 0.05) is 29.6 Å². The number of aromatic nitrogens is 5. The summed E-state index contributed by atoms with van der Waals surface area (Å²) in [6, 6.07) is 16.1. The van der Waals surface area contributed by atoms with Crippen LogP contribution >= 0.6 is 0 Å². The smallest absolute Gasteiger partial charge is 0.241 e. The SMILES string of the molecule is COc1ccc(C(CNC(=O)Cn2cnnn2)c2c[nH]c3ccccc23)cc1. The van der Waals surface area contributed by atoms with Crippen molar-refractivity contribution in [1.29, 1.82) is 0 Å². The van der Waals surface area contributed by atoms with Crippen LogP contribution in [0, 0.1) is 0 Å². The van der Waals surface area contributed by atoms with Gasteiger partial charge in [-0.1, -0.05) is 30.3 Å². The van der Waals surface area contributed by atoms with E-state index in [9.17, 15) is 4.79 Å². The van der Waals surface area contributed by atoms with Gasteiger partial charge in [0.15, 0.2) is 0 Å². The van der Waals surface area contributed by atoms with Crippen LogP contribution in [0.1, 0.15) is 17.0 Å². The third kappa shape index (κ3) is 3.71. The molecule has 0 spiro atoms. The topological polar surface area (TPSA) is 97.7 Å². The van der Waals surface area contributed by atoms with Gasteiger partial charge in [-0.2, -0.15) is 0 Å². The standard InChI is InChI=1S/C20H20N6O2/c1-28-15-8-6-14(7-9-15)17(10-22-20(27)12-26-13-23-24-25-26)18-11-21-19-5-3-2-4-16(18)19/h2-9,11,13,17,21H,10,12H2,1H3,(H,22,27). The first kappa shape index (κ1) is 17.7. The highest BCUT2D eigenvalue weighted by Crippen LogP contribution is 2.31. The Kier molecular flexibility index (Phi) is 5.01. The molecule has 2 aromatic carbocycles. The maximum absolute atomic E-state index is 12.3. The van der Waals surface area contributed by atoms with Gasteiger partial charge in [-0.25, -0.2) is 4.68 Å². The number of tetrazole rings is 1. The molecule has 2 N–H and O–H groups in total. The molecule has 0 saturated carbocycles. The molecule has 0 fully saturated rings. The zero-order chi connectivity index (χ0) is 19.3. The van der Waals surface area contributed by atoms with Crippen molar-refractivity contribution in [2.75, 3.05) is 13.7 Å². The highest BCUT2D eigenvalue weighted by molar-refractivity contribution is 5.84. The number of ether oxygens (including phenoxy) is 1. The normalized spacial score (nSPS) is 12.0. The lowest BCUT2D eigenvalue weighted by Gasteiger charge is -2.18. The van der Waals surface area contributed by atoms with Crippen LogP contribution in [0.15, 0.2) is 61.1 Å². The molecule has 28 heavy (non-hydrogen) atoms. The molecule has 2 aromatic heterocycles. The maximum atomic E-state index is 12.3. The van der Waals surface area contributed by atoms with Crippen LogP contribution in [0.25, 0.3) is 10.9 Å². The number of nitrogens with one attached hydrogen (secondary N) is 2. The summed E-state index contributed by atoms with van der Waals surface area (Å²) in [7, 11) is 1.64. The van der Waals surface area contributed by atoms with Gasteiger partial charge in [0.05, 0.1) is 7.11 Å². The van der Waals surface area contributed by atoms with Crippen LogP contribution in [0.4, 0.5) is 0 Å². The molecular weight excluding hydrogens is 356 g/mol. The molecule has 0 bridgehead atoms. The molecule has 2 heterocycles. The van der Waals surface area contributed by atoms with E-state index in [4.69, 9.17) is 4.74 Å². The summed E-state index contributed by atoms with van der Waals surface area (Å²) in [6.07, 6.45) is 3.42. The van der Waals surface area contributed by atoms with Gasteiger partial charge in [0.25, 0.3) is 0 Å². The van der Waals surface area contributed by atoms with Gasteiger partial charge in [0.2, 0.25) is 5.91 Å². The first-order valence-electron chi connectivity index (χ1n) is 8.92. The Balaban J connectivity index is 1.60. The number of H-pyrrole nitrogens is 1. The van der Waals surface area contributed by atoms with Crippen molar-refractivity contribution in [2.45, 2.75) is 12.5 Å². The summed E-state index contributed by atoms with van der Waals surface area (Å²) in [6.45, 7) is 0.533. The molecule has 4 rings (SSSR count). The number of fused-ring (bicyclic) bond motifs is 1. The summed E-state index contributed by atoms with van der Waals surface area (Å²) >= 11 is 0. The fourth-order valence-corrected chi connectivity index (χ4v) is 3.30. The minimum absolute atomic E-state index is 0.0140. The maximum Gasteiger partial charge on any atom is 0.241 e. The van der Waals surface area contributed by atoms with Gasteiger partial charge in [0.1, 0.15) is 18.6 Å². The minimum Gasteiger partial charge on any atom is -0.497 e. The zero-order valence-corrected chi connectivity index (χ0v) is 15.4. The molecule has 1 atom stereocenters. The van der Waals surface area contributed by atoms with Crippen molar-refractivity contribution in [1.82, 2.24) is 30.5 Å². The minimum atomic E-state index is -0.148. The fourth-order valence-electron chi connectivity index (χ4n) is 3.30. The van der Waals surface area contributed by atoms with E-state index in [2.05, 4.69) is 31.9 Å². The Morgan fingerprint density at radius 2 is 2.04 bits per heavy atom. The number of rotatable bonds is 7. The highest BCUT2D eigenvalue weighted by atomic mass is 16.5. The number of nitrogens with zero attached hydrogens (tertiary/aromatic N) is 4. The Bertz CT molecular complexity index is 1060. The molecule has 0 aliphatic heterocycles. The van der Waals surface area contributed by atoms with E-state index in [0.29, 0.717) is 6.54 Å².